The van der Waals surface area contributed by atoms with E-state index in [1.807, 2.05) is 0 Å². The highest BCUT2D eigenvalue weighted by atomic mass is 16.6. The molecule has 0 spiro atoms. The zero-order chi connectivity index (χ0) is 23.1. The standard InChI is InChI=1S/C22H38N2O8/c1-20(25)24-21-2-4-22(5-3-21)32-19-18-31-17-16-30-15-14-29-13-12-28-11-10-27-9-8-26-7-6-23/h2-5H,6-19,23H2,1H3,(H,24,25). The number of nitrogens with two attached hydrogens (primary N) is 1. The Morgan fingerprint density at radius 2 is 1.03 bits per heavy atom. The predicted molar refractivity (Wildman–Crippen MR) is 120 cm³/mol. The molecule has 0 unspecified atom stereocenters. The number of amides is 1. The molecular formula is C22H38N2O8. The van der Waals surface area contributed by atoms with E-state index in [9.17, 15) is 4.79 Å². The number of benzene rings is 1. The Labute approximate surface area is 190 Å². The summed E-state index contributed by atoms with van der Waals surface area (Å²) in [5.41, 5.74) is 6.05. The first-order valence-corrected chi connectivity index (χ1v) is 10.9. The second-order valence-electron chi connectivity index (χ2n) is 6.52. The van der Waals surface area contributed by atoms with E-state index in [0.717, 1.165) is 11.4 Å². The highest BCUT2D eigenvalue weighted by molar-refractivity contribution is 5.88. The molecule has 0 aliphatic rings. The van der Waals surface area contributed by atoms with Crippen molar-refractivity contribution < 1.29 is 38.0 Å². The molecule has 32 heavy (non-hydrogen) atoms. The minimum Gasteiger partial charge on any atom is -0.491 e. The van der Waals surface area contributed by atoms with Gasteiger partial charge in [-0.3, -0.25) is 4.79 Å². The molecule has 1 aromatic carbocycles. The molecule has 1 aromatic rings. The predicted octanol–water partition coefficient (Wildman–Crippen LogP) is 1.08. The van der Waals surface area contributed by atoms with Gasteiger partial charge in [0.2, 0.25) is 5.91 Å². The van der Waals surface area contributed by atoms with Crippen LogP contribution in [0.2, 0.25) is 0 Å². The Hall–Kier alpha value is -1.79. The number of hydrogen-bond acceptors (Lipinski definition) is 9. The SMILES string of the molecule is CC(=O)Nc1ccc(OCCOCCOCCOCCOCCOCCOCCN)cc1. The third kappa shape index (κ3) is 17.8. The maximum Gasteiger partial charge on any atom is 0.221 e. The minimum atomic E-state index is -0.103. The van der Waals surface area contributed by atoms with Crippen LogP contribution in [0.15, 0.2) is 24.3 Å². The lowest BCUT2D eigenvalue weighted by Crippen LogP contribution is -2.15. The molecular weight excluding hydrogens is 420 g/mol. The van der Waals surface area contributed by atoms with E-state index in [1.54, 1.807) is 24.3 Å². The van der Waals surface area contributed by atoms with Gasteiger partial charge in [-0.1, -0.05) is 0 Å². The van der Waals surface area contributed by atoms with E-state index in [0.29, 0.717) is 92.4 Å². The molecule has 1 rings (SSSR count). The van der Waals surface area contributed by atoms with Gasteiger partial charge >= 0.3 is 0 Å². The summed E-state index contributed by atoms with van der Waals surface area (Å²) < 4.78 is 37.8. The van der Waals surface area contributed by atoms with Gasteiger partial charge in [-0.2, -0.15) is 0 Å². The van der Waals surface area contributed by atoms with Crippen LogP contribution in [0.3, 0.4) is 0 Å². The summed E-state index contributed by atoms with van der Waals surface area (Å²) in [6.07, 6.45) is 0. The van der Waals surface area contributed by atoms with Crippen molar-refractivity contribution in [1.29, 1.82) is 0 Å². The molecule has 10 heteroatoms. The lowest BCUT2D eigenvalue weighted by molar-refractivity contribution is -0.114. The molecule has 0 bridgehead atoms. The fourth-order valence-corrected chi connectivity index (χ4v) is 2.34. The summed E-state index contributed by atoms with van der Waals surface area (Å²) in [6, 6.07) is 7.18. The first-order chi connectivity index (χ1) is 15.7. The average molecular weight is 459 g/mol. The Morgan fingerprint density at radius 1 is 0.656 bits per heavy atom. The van der Waals surface area contributed by atoms with Crippen molar-refractivity contribution in [3.63, 3.8) is 0 Å². The van der Waals surface area contributed by atoms with Gasteiger partial charge in [-0.15, -0.1) is 0 Å². The molecule has 0 saturated heterocycles. The molecule has 0 aliphatic heterocycles. The fourth-order valence-electron chi connectivity index (χ4n) is 2.34. The third-order valence-corrected chi connectivity index (χ3v) is 3.79. The normalized spacial score (nSPS) is 10.9. The molecule has 0 radical (unpaired) electrons. The van der Waals surface area contributed by atoms with Gasteiger partial charge in [0, 0.05) is 19.2 Å². The van der Waals surface area contributed by atoms with Crippen LogP contribution in [-0.2, 0) is 33.2 Å². The van der Waals surface area contributed by atoms with Gasteiger partial charge in [-0.25, -0.2) is 0 Å². The number of nitrogens with one attached hydrogen (secondary N) is 1. The van der Waals surface area contributed by atoms with Crippen molar-refractivity contribution in [3.8, 4) is 5.75 Å². The first-order valence-electron chi connectivity index (χ1n) is 10.9. The second kappa shape index (κ2) is 21.1. The van der Waals surface area contributed by atoms with Gasteiger partial charge in [0.05, 0.1) is 79.3 Å². The molecule has 3 N–H and O–H groups in total. The van der Waals surface area contributed by atoms with Gasteiger partial charge in [0.25, 0.3) is 0 Å². The maximum atomic E-state index is 11.0. The van der Waals surface area contributed by atoms with Crippen molar-refractivity contribution in [2.24, 2.45) is 5.73 Å². The number of rotatable bonds is 22. The number of anilines is 1. The molecule has 0 fully saturated rings. The van der Waals surface area contributed by atoms with E-state index < -0.39 is 0 Å². The lowest BCUT2D eigenvalue weighted by atomic mass is 10.3. The van der Waals surface area contributed by atoms with Crippen LogP contribution in [0.1, 0.15) is 6.92 Å². The summed E-state index contributed by atoms with van der Waals surface area (Å²) in [4.78, 5) is 11.0. The fraction of sp³-hybridized carbons (Fsp3) is 0.682. The number of hydrogen-bond donors (Lipinski definition) is 2. The van der Waals surface area contributed by atoms with Crippen molar-refractivity contribution in [2.75, 3.05) is 97.8 Å². The van der Waals surface area contributed by atoms with Crippen LogP contribution in [0.4, 0.5) is 5.69 Å². The molecule has 1 amide bonds. The van der Waals surface area contributed by atoms with Crippen LogP contribution in [0.5, 0.6) is 5.75 Å². The largest absolute Gasteiger partial charge is 0.491 e. The van der Waals surface area contributed by atoms with Gasteiger partial charge in [0.15, 0.2) is 0 Å². The van der Waals surface area contributed by atoms with Crippen LogP contribution < -0.4 is 15.8 Å². The third-order valence-electron chi connectivity index (χ3n) is 3.79. The van der Waals surface area contributed by atoms with Crippen LogP contribution in [0, 0.1) is 0 Å². The number of ether oxygens (including phenoxy) is 7. The highest BCUT2D eigenvalue weighted by Gasteiger charge is 1.98. The maximum absolute atomic E-state index is 11.0. The summed E-state index contributed by atoms with van der Waals surface area (Å²) in [5.74, 6) is 0.619. The van der Waals surface area contributed by atoms with Gasteiger partial charge in [0.1, 0.15) is 12.4 Å². The molecule has 0 aliphatic carbocycles. The average Bonchev–Trinajstić information content (AvgIpc) is 2.78. The van der Waals surface area contributed by atoms with Gasteiger partial charge < -0.3 is 44.2 Å². The van der Waals surface area contributed by atoms with E-state index >= 15 is 0 Å². The lowest BCUT2D eigenvalue weighted by Gasteiger charge is -2.09. The molecule has 0 aromatic heterocycles. The Bertz CT molecular complexity index is 559. The number of carbonyl (C=O) groups is 1. The van der Waals surface area contributed by atoms with Crippen molar-refractivity contribution in [1.82, 2.24) is 0 Å². The summed E-state index contributed by atoms with van der Waals surface area (Å²) in [5, 5.41) is 2.70. The molecule has 0 saturated carbocycles. The molecule has 0 heterocycles. The Kier molecular flexibility index (Phi) is 18.6. The smallest absolute Gasteiger partial charge is 0.221 e. The monoisotopic (exact) mass is 458 g/mol. The zero-order valence-corrected chi connectivity index (χ0v) is 19.1. The summed E-state index contributed by atoms with van der Waals surface area (Å²) in [6.45, 7) is 8.66. The number of carbonyl (C=O) groups excluding carboxylic acids is 1. The van der Waals surface area contributed by atoms with Gasteiger partial charge in [-0.05, 0) is 24.3 Å². The van der Waals surface area contributed by atoms with Crippen molar-refractivity contribution in [2.45, 2.75) is 6.92 Å². The summed E-state index contributed by atoms with van der Waals surface area (Å²) >= 11 is 0. The van der Waals surface area contributed by atoms with Crippen LogP contribution in [-0.4, -0.2) is 98.3 Å². The van der Waals surface area contributed by atoms with E-state index in [-0.39, 0.29) is 5.91 Å². The Morgan fingerprint density at radius 3 is 1.41 bits per heavy atom. The molecule has 0 atom stereocenters. The second-order valence-corrected chi connectivity index (χ2v) is 6.52. The zero-order valence-electron chi connectivity index (χ0n) is 19.1. The first kappa shape index (κ1) is 28.2. The molecule has 10 nitrogen and oxygen atoms in total. The minimum absolute atomic E-state index is 0.103. The van der Waals surface area contributed by atoms with E-state index in [4.69, 9.17) is 38.9 Å². The van der Waals surface area contributed by atoms with Crippen LogP contribution >= 0.6 is 0 Å². The van der Waals surface area contributed by atoms with E-state index in [2.05, 4.69) is 5.32 Å². The Balaban J connectivity index is 1.76. The molecule has 184 valence electrons. The van der Waals surface area contributed by atoms with Crippen molar-refractivity contribution >= 4 is 11.6 Å². The summed E-state index contributed by atoms with van der Waals surface area (Å²) in [7, 11) is 0. The van der Waals surface area contributed by atoms with E-state index in [1.165, 1.54) is 6.92 Å². The van der Waals surface area contributed by atoms with Crippen LogP contribution in [0.25, 0.3) is 0 Å². The highest BCUT2D eigenvalue weighted by Crippen LogP contribution is 2.15. The topological polar surface area (TPSA) is 120 Å². The van der Waals surface area contributed by atoms with Crippen molar-refractivity contribution in [3.05, 3.63) is 24.3 Å². The quantitative estimate of drug-likeness (QED) is 0.246.